The molecule has 138 valence electrons. The highest BCUT2D eigenvalue weighted by atomic mass is 32.2. The zero-order valence-corrected chi connectivity index (χ0v) is 15.5. The van der Waals surface area contributed by atoms with Gasteiger partial charge in [-0.3, -0.25) is 4.99 Å². The van der Waals surface area contributed by atoms with Crippen LogP contribution in [0.4, 0.5) is 0 Å². The Kier molecular flexibility index (Phi) is 5.66. The maximum Gasteiger partial charge on any atom is 0.216 e. The highest BCUT2D eigenvalue weighted by molar-refractivity contribution is 7.89. The van der Waals surface area contributed by atoms with Crippen LogP contribution in [0, 0.1) is 5.41 Å². The van der Waals surface area contributed by atoms with E-state index in [1.165, 1.54) is 30.0 Å². The number of nitrogens with zero attached hydrogens (tertiary/aromatic N) is 3. The smallest absolute Gasteiger partial charge is 0.216 e. The molecule has 3 rings (SSSR count). The lowest BCUT2D eigenvalue weighted by molar-refractivity contribution is 0.0731. The Hall–Kier alpha value is -0.860. The molecule has 1 aliphatic carbocycles. The second-order valence-electron chi connectivity index (χ2n) is 7.09. The Morgan fingerprint density at radius 3 is 2.54 bits per heavy atom. The van der Waals surface area contributed by atoms with Crippen molar-refractivity contribution in [1.29, 1.82) is 0 Å². The summed E-state index contributed by atoms with van der Waals surface area (Å²) >= 11 is 0. The van der Waals surface area contributed by atoms with E-state index in [1.807, 2.05) is 0 Å². The summed E-state index contributed by atoms with van der Waals surface area (Å²) in [4.78, 5) is 6.90. The molecule has 1 N–H and O–H groups in total. The molecule has 3 fully saturated rings. The number of hydrogen-bond acceptors (Lipinski definition) is 4. The molecule has 24 heavy (non-hydrogen) atoms. The summed E-state index contributed by atoms with van der Waals surface area (Å²) in [6, 6.07) is 0. The molecule has 0 atom stereocenters. The zero-order valence-electron chi connectivity index (χ0n) is 14.7. The van der Waals surface area contributed by atoms with Crippen LogP contribution in [0.25, 0.3) is 0 Å². The first-order valence-corrected chi connectivity index (χ1v) is 10.7. The van der Waals surface area contributed by atoms with Crippen molar-refractivity contribution in [2.75, 3.05) is 58.2 Å². The van der Waals surface area contributed by atoms with Gasteiger partial charge in [-0.2, -0.15) is 4.31 Å². The molecule has 2 saturated heterocycles. The molecular formula is C16H30N4O3S. The van der Waals surface area contributed by atoms with Crippen LogP contribution in [-0.2, 0) is 14.8 Å². The van der Waals surface area contributed by atoms with E-state index in [4.69, 9.17) is 4.74 Å². The summed E-state index contributed by atoms with van der Waals surface area (Å²) in [7, 11) is -3.23. The van der Waals surface area contributed by atoms with Crippen molar-refractivity contribution in [2.24, 2.45) is 10.4 Å². The van der Waals surface area contributed by atoms with E-state index in [-0.39, 0.29) is 5.75 Å². The van der Waals surface area contributed by atoms with Gasteiger partial charge in [0.1, 0.15) is 0 Å². The van der Waals surface area contributed by atoms with E-state index < -0.39 is 10.0 Å². The number of hydrogen-bond donors (Lipinski definition) is 1. The third-order valence-corrected chi connectivity index (χ3v) is 7.31. The summed E-state index contributed by atoms with van der Waals surface area (Å²) < 4.78 is 31.5. The lowest BCUT2D eigenvalue weighted by Crippen LogP contribution is -2.44. The summed E-state index contributed by atoms with van der Waals surface area (Å²) in [5.74, 6) is 0.944. The van der Waals surface area contributed by atoms with Gasteiger partial charge >= 0.3 is 0 Å². The zero-order chi connectivity index (χ0) is 17.0. The van der Waals surface area contributed by atoms with Crippen LogP contribution in [0.2, 0.25) is 0 Å². The van der Waals surface area contributed by atoms with Crippen LogP contribution in [0.1, 0.15) is 32.6 Å². The van der Waals surface area contributed by atoms with Crippen molar-refractivity contribution in [2.45, 2.75) is 32.6 Å². The van der Waals surface area contributed by atoms with Crippen LogP contribution >= 0.6 is 0 Å². The average molecular weight is 359 g/mol. The maximum absolute atomic E-state index is 12.4. The number of guanidine groups is 1. The van der Waals surface area contributed by atoms with E-state index >= 15 is 0 Å². The molecule has 8 heteroatoms. The Morgan fingerprint density at radius 2 is 1.96 bits per heavy atom. The molecule has 1 saturated carbocycles. The number of nitrogens with one attached hydrogen (secondary N) is 1. The molecule has 7 nitrogen and oxygen atoms in total. The summed E-state index contributed by atoms with van der Waals surface area (Å²) in [6.45, 7) is 7.15. The fourth-order valence-electron chi connectivity index (χ4n) is 3.85. The maximum atomic E-state index is 12.4. The van der Waals surface area contributed by atoms with Crippen LogP contribution in [0.5, 0.6) is 0 Å². The highest BCUT2D eigenvalue weighted by Gasteiger charge is 2.43. The van der Waals surface area contributed by atoms with E-state index in [9.17, 15) is 8.42 Å². The molecule has 0 bridgehead atoms. The van der Waals surface area contributed by atoms with Gasteiger partial charge in [0.2, 0.25) is 10.0 Å². The van der Waals surface area contributed by atoms with Gasteiger partial charge in [-0.25, -0.2) is 8.42 Å². The predicted octanol–water partition coefficient (Wildman–Crippen LogP) is 0.490. The van der Waals surface area contributed by atoms with Crippen molar-refractivity contribution in [1.82, 2.24) is 14.5 Å². The lowest BCUT2D eigenvalue weighted by atomic mass is 9.68. The van der Waals surface area contributed by atoms with Gasteiger partial charge in [0.05, 0.1) is 25.5 Å². The number of rotatable bonds is 5. The monoisotopic (exact) mass is 358 g/mol. The molecule has 0 aromatic heterocycles. The quantitative estimate of drug-likeness (QED) is 0.572. The topological polar surface area (TPSA) is 74.2 Å². The molecule has 0 aromatic rings. The van der Waals surface area contributed by atoms with Gasteiger partial charge in [0.25, 0.3) is 0 Å². The first-order valence-electron chi connectivity index (χ1n) is 9.14. The van der Waals surface area contributed by atoms with E-state index in [0.29, 0.717) is 38.3 Å². The normalized spacial score (nSPS) is 25.0. The lowest BCUT2D eigenvalue weighted by Gasteiger charge is -2.38. The fraction of sp³-hybridized carbons (Fsp3) is 0.938. The number of likely N-dealkylation sites (tertiary alicyclic amines) is 1. The van der Waals surface area contributed by atoms with Crippen LogP contribution < -0.4 is 5.32 Å². The number of aliphatic imine (C=N–C) groups is 1. The molecule has 0 unspecified atom stereocenters. The van der Waals surface area contributed by atoms with Crippen molar-refractivity contribution in [3.8, 4) is 0 Å². The third-order valence-electron chi connectivity index (χ3n) is 5.46. The molecule has 0 aromatic carbocycles. The molecule has 1 spiro atoms. The largest absolute Gasteiger partial charge is 0.379 e. The van der Waals surface area contributed by atoms with Crippen molar-refractivity contribution >= 4 is 16.0 Å². The average Bonchev–Trinajstić information content (AvgIpc) is 3.01. The first kappa shape index (κ1) is 17.9. The second-order valence-corrected chi connectivity index (χ2v) is 9.18. The van der Waals surface area contributed by atoms with Crippen LogP contribution in [0.15, 0.2) is 4.99 Å². The Bertz CT molecular complexity index is 554. The minimum absolute atomic E-state index is 0.0703. The first-order chi connectivity index (χ1) is 11.5. The van der Waals surface area contributed by atoms with Gasteiger partial charge in [-0.05, 0) is 31.6 Å². The van der Waals surface area contributed by atoms with E-state index in [0.717, 1.165) is 25.6 Å². The van der Waals surface area contributed by atoms with Crippen molar-refractivity contribution < 1.29 is 13.2 Å². The Morgan fingerprint density at radius 1 is 1.21 bits per heavy atom. The molecule has 2 heterocycles. The standard InChI is InChI=1S/C16H30N4O3S/c1-2-17-15(19-8-6-16(14-19)4-3-5-16)18-7-13-24(21,22)20-9-11-23-12-10-20/h2-14H2,1H3,(H,17,18). The Balaban J connectivity index is 1.55. The van der Waals surface area contributed by atoms with E-state index in [2.05, 4.69) is 22.1 Å². The third kappa shape index (κ3) is 4.03. The molecule has 0 radical (unpaired) electrons. The molecule has 3 aliphatic rings. The van der Waals surface area contributed by atoms with Crippen molar-refractivity contribution in [3.63, 3.8) is 0 Å². The van der Waals surface area contributed by atoms with Gasteiger partial charge in [0.15, 0.2) is 5.96 Å². The minimum Gasteiger partial charge on any atom is -0.379 e. The van der Waals surface area contributed by atoms with Crippen LogP contribution in [-0.4, -0.2) is 81.8 Å². The highest BCUT2D eigenvalue weighted by Crippen LogP contribution is 2.47. The summed E-state index contributed by atoms with van der Waals surface area (Å²) in [6.07, 6.45) is 5.24. The molecule has 2 aliphatic heterocycles. The van der Waals surface area contributed by atoms with Gasteiger partial charge in [-0.15, -0.1) is 0 Å². The number of morpholine rings is 1. The second kappa shape index (κ2) is 7.58. The van der Waals surface area contributed by atoms with Crippen LogP contribution in [0.3, 0.4) is 0 Å². The van der Waals surface area contributed by atoms with Gasteiger partial charge in [-0.1, -0.05) is 6.42 Å². The number of sulfonamides is 1. The SMILES string of the molecule is CCNC(=NCCS(=O)(=O)N1CCOCC1)N1CCC2(CCC2)C1. The predicted molar refractivity (Wildman–Crippen MR) is 94.6 cm³/mol. The summed E-state index contributed by atoms with van der Waals surface area (Å²) in [5.41, 5.74) is 0.510. The minimum atomic E-state index is -3.23. The Labute approximate surface area is 145 Å². The van der Waals surface area contributed by atoms with Gasteiger partial charge in [0, 0.05) is 32.7 Å². The van der Waals surface area contributed by atoms with Crippen molar-refractivity contribution in [3.05, 3.63) is 0 Å². The van der Waals surface area contributed by atoms with Gasteiger partial charge < -0.3 is 15.0 Å². The molecule has 0 amide bonds. The molecular weight excluding hydrogens is 328 g/mol. The van der Waals surface area contributed by atoms with E-state index in [1.54, 1.807) is 0 Å². The summed E-state index contributed by atoms with van der Waals surface area (Å²) in [5, 5.41) is 3.32. The number of ether oxygens (including phenoxy) is 1. The fourth-order valence-corrected chi connectivity index (χ4v) is 5.13.